The molecule has 0 fully saturated rings. The Bertz CT molecular complexity index is 136. The summed E-state index contributed by atoms with van der Waals surface area (Å²) in [7, 11) is 0. The Morgan fingerprint density at radius 1 is 0.846 bits per heavy atom. The molecule has 0 spiro atoms. The normalized spacial score (nSPS) is 8.46. The van der Waals surface area contributed by atoms with Gasteiger partial charge in [0.15, 0.2) is 0 Å². The zero-order valence-corrected chi connectivity index (χ0v) is 9.03. The summed E-state index contributed by atoms with van der Waals surface area (Å²) in [5.74, 6) is -2.67. The molecule has 4 nitrogen and oxygen atoms in total. The molecule has 0 unspecified atom stereocenters. The van der Waals surface area contributed by atoms with E-state index in [1.807, 2.05) is 0 Å². The summed E-state index contributed by atoms with van der Waals surface area (Å²) >= 11 is 0. The third-order valence-electron chi connectivity index (χ3n) is 0.943. The van der Waals surface area contributed by atoms with E-state index < -0.39 is 11.9 Å². The van der Waals surface area contributed by atoms with Crippen LogP contribution >= 0.6 is 0 Å². The summed E-state index contributed by atoms with van der Waals surface area (Å²) in [6, 6.07) is 0. The maximum absolute atomic E-state index is 9.59. The van der Waals surface area contributed by atoms with Gasteiger partial charge in [-0.05, 0) is 11.8 Å². The number of aliphatic carboxylic acids is 2. The van der Waals surface area contributed by atoms with Crippen LogP contribution in [-0.4, -0.2) is 11.9 Å². The van der Waals surface area contributed by atoms with Gasteiger partial charge in [-0.2, -0.15) is 0 Å². The smallest absolute Gasteiger partial charge is 0.0439 e. The SMILES string of the molecule is CC(C)C(=O)[O-].CC(C)C(=O)[O-].[Cu]. The topological polar surface area (TPSA) is 80.3 Å². The van der Waals surface area contributed by atoms with Crippen LogP contribution in [0.5, 0.6) is 0 Å². The molecule has 0 saturated carbocycles. The zero-order chi connectivity index (χ0) is 10.3. The maximum atomic E-state index is 9.59. The fourth-order valence-electron chi connectivity index (χ4n) is 0. The number of carboxylic acid groups (broad SMARTS) is 2. The molecule has 0 aliphatic rings. The van der Waals surface area contributed by atoms with E-state index in [2.05, 4.69) is 0 Å². The number of carboxylic acids is 2. The van der Waals surface area contributed by atoms with Crippen LogP contribution in [0.15, 0.2) is 0 Å². The summed E-state index contributed by atoms with van der Waals surface area (Å²) in [4.78, 5) is 19.2. The zero-order valence-electron chi connectivity index (χ0n) is 8.09. The van der Waals surface area contributed by atoms with Crippen molar-refractivity contribution in [2.45, 2.75) is 27.7 Å². The van der Waals surface area contributed by atoms with Crippen LogP contribution in [0.25, 0.3) is 0 Å². The average Bonchev–Trinajstić information content (AvgIpc) is 1.88. The Balaban J connectivity index is -0.000000143. The Kier molecular flexibility index (Phi) is 13.4. The van der Waals surface area contributed by atoms with Crippen molar-refractivity contribution in [3.8, 4) is 0 Å². The number of carbonyl (C=O) groups excluding carboxylic acids is 2. The van der Waals surface area contributed by atoms with Crippen LogP contribution in [0, 0.1) is 11.8 Å². The molecule has 0 heterocycles. The molecule has 0 rings (SSSR count). The second-order valence-electron chi connectivity index (χ2n) is 2.95. The minimum Gasteiger partial charge on any atom is -0.550 e. The molecule has 0 aliphatic heterocycles. The van der Waals surface area contributed by atoms with Gasteiger partial charge >= 0.3 is 0 Å². The largest absolute Gasteiger partial charge is 0.550 e. The summed E-state index contributed by atoms with van der Waals surface area (Å²) in [5, 5.41) is 19.2. The van der Waals surface area contributed by atoms with Crippen molar-refractivity contribution in [1.82, 2.24) is 0 Å². The number of hydrogen-bond acceptors (Lipinski definition) is 4. The predicted molar refractivity (Wildman–Crippen MR) is 39.7 cm³/mol. The molecule has 0 aliphatic carbocycles. The standard InChI is InChI=1S/2C4H8O2.Cu/c2*1-3(2)4(5)6;/h2*3H,1-2H3,(H,5,6);/p-2. The second-order valence-corrected chi connectivity index (χ2v) is 2.95. The molecule has 0 aromatic heterocycles. The van der Waals surface area contributed by atoms with Gasteiger partial charge in [0.1, 0.15) is 0 Å². The Morgan fingerprint density at radius 2 is 0.923 bits per heavy atom. The fraction of sp³-hybridized carbons (Fsp3) is 0.750. The number of hydrogen-bond donors (Lipinski definition) is 0. The predicted octanol–water partition coefficient (Wildman–Crippen LogP) is -1.22. The van der Waals surface area contributed by atoms with Gasteiger partial charge in [-0.25, -0.2) is 0 Å². The molecule has 1 radical (unpaired) electrons. The molecular weight excluding hydrogens is 224 g/mol. The van der Waals surface area contributed by atoms with Crippen molar-refractivity contribution in [1.29, 1.82) is 0 Å². The van der Waals surface area contributed by atoms with Crippen molar-refractivity contribution in [3.63, 3.8) is 0 Å². The van der Waals surface area contributed by atoms with Crippen molar-refractivity contribution in [3.05, 3.63) is 0 Å². The average molecular weight is 238 g/mol. The van der Waals surface area contributed by atoms with Gasteiger partial charge in [0.25, 0.3) is 0 Å². The van der Waals surface area contributed by atoms with Gasteiger partial charge in [0, 0.05) is 29.0 Å². The van der Waals surface area contributed by atoms with E-state index in [1.54, 1.807) is 27.7 Å². The van der Waals surface area contributed by atoms with Crippen LogP contribution in [0.4, 0.5) is 0 Å². The third-order valence-corrected chi connectivity index (χ3v) is 0.943. The molecule has 5 heteroatoms. The Labute approximate surface area is 88.8 Å². The van der Waals surface area contributed by atoms with Crippen molar-refractivity contribution in [2.75, 3.05) is 0 Å². The van der Waals surface area contributed by atoms with Crippen LogP contribution < -0.4 is 10.2 Å². The van der Waals surface area contributed by atoms with E-state index in [0.29, 0.717) is 0 Å². The number of rotatable bonds is 2. The summed E-state index contributed by atoms with van der Waals surface area (Å²) < 4.78 is 0. The van der Waals surface area contributed by atoms with Gasteiger partial charge in [0.2, 0.25) is 0 Å². The van der Waals surface area contributed by atoms with Crippen LogP contribution in [-0.2, 0) is 26.7 Å². The molecule has 0 saturated heterocycles. The molecule has 0 atom stereocenters. The Hall–Kier alpha value is -0.541. The van der Waals surface area contributed by atoms with E-state index in [0.717, 1.165) is 0 Å². The van der Waals surface area contributed by atoms with Gasteiger partial charge in [-0.15, -0.1) is 0 Å². The van der Waals surface area contributed by atoms with Gasteiger partial charge in [-0.1, -0.05) is 27.7 Å². The minimum absolute atomic E-state index is 0. The minimum atomic E-state index is -0.991. The van der Waals surface area contributed by atoms with E-state index >= 15 is 0 Å². The molecular formula is C8H14CuO4-2. The molecule has 0 amide bonds. The number of carbonyl (C=O) groups is 2. The quantitative estimate of drug-likeness (QED) is 0.564. The first-order chi connectivity index (χ1) is 5.29. The van der Waals surface area contributed by atoms with Crippen molar-refractivity contribution >= 4 is 11.9 Å². The molecule has 13 heavy (non-hydrogen) atoms. The second kappa shape index (κ2) is 9.55. The first-order valence-corrected chi connectivity index (χ1v) is 3.70. The summed E-state index contributed by atoms with van der Waals surface area (Å²) in [5.41, 5.74) is 0. The third kappa shape index (κ3) is 18.4. The van der Waals surface area contributed by atoms with Gasteiger partial charge < -0.3 is 19.8 Å². The van der Waals surface area contributed by atoms with E-state index in [-0.39, 0.29) is 28.9 Å². The maximum Gasteiger partial charge on any atom is 0.0439 e. The molecule has 83 valence electrons. The monoisotopic (exact) mass is 237 g/mol. The molecule has 0 bridgehead atoms. The van der Waals surface area contributed by atoms with E-state index in [4.69, 9.17) is 0 Å². The Morgan fingerprint density at radius 3 is 0.923 bits per heavy atom. The van der Waals surface area contributed by atoms with Crippen LogP contribution in [0.3, 0.4) is 0 Å². The fourth-order valence-corrected chi connectivity index (χ4v) is 0. The van der Waals surface area contributed by atoms with Gasteiger partial charge in [0.05, 0.1) is 0 Å². The molecule has 0 N–H and O–H groups in total. The first-order valence-electron chi connectivity index (χ1n) is 3.70. The summed E-state index contributed by atoms with van der Waals surface area (Å²) in [6.45, 7) is 6.31. The summed E-state index contributed by atoms with van der Waals surface area (Å²) in [6.07, 6.45) is 0. The first kappa shape index (κ1) is 18.3. The van der Waals surface area contributed by atoms with E-state index in [9.17, 15) is 19.8 Å². The molecule has 0 aromatic carbocycles. The van der Waals surface area contributed by atoms with Gasteiger partial charge in [-0.3, -0.25) is 0 Å². The van der Waals surface area contributed by atoms with E-state index in [1.165, 1.54) is 0 Å². The van der Waals surface area contributed by atoms with Crippen LogP contribution in [0.1, 0.15) is 27.7 Å². The van der Waals surface area contributed by atoms with Crippen LogP contribution in [0.2, 0.25) is 0 Å². The molecule has 0 aromatic rings. The van der Waals surface area contributed by atoms with Crippen molar-refractivity contribution in [2.24, 2.45) is 11.8 Å². The van der Waals surface area contributed by atoms with Crippen molar-refractivity contribution < 1.29 is 36.9 Å².